The maximum absolute atomic E-state index is 12.0. The largest absolute Gasteiger partial charge is 0.497 e. The van der Waals surface area contributed by atoms with Crippen LogP contribution in [0.15, 0.2) is 30.3 Å². The Bertz CT molecular complexity index is 484. The quantitative estimate of drug-likeness (QED) is 0.437. The summed E-state index contributed by atoms with van der Waals surface area (Å²) >= 11 is 0. The van der Waals surface area contributed by atoms with Gasteiger partial charge in [0.2, 0.25) is 0 Å². The lowest BCUT2D eigenvalue weighted by Crippen LogP contribution is -2.27. The number of benzene rings is 1. The third kappa shape index (κ3) is 6.47. The van der Waals surface area contributed by atoms with Crippen molar-refractivity contribution in [2.24, 2.45) is 5.41 Å². The summed E-state index contributed by atoms with van der Waals surface area (Å²) in [6.07, 6.45) is 8.82. The lowest BCUT2D eigenvalue weighted by molar-refractivity contribution is -0.141. The topological polar surface area (TPSA) is 35.5 Å². The van der Waals surface area contributed by atoms with E-state index in [4.69, 9.17) is 9.47 Å². The predicted molar refractivity (Wildman–Crippen MR) is 95.5 cm³/mol. The second-order valence-electron chi connectivity index (χ2n) is 6.02. The number of esters is 1. The Morgan fingerprint density at radius 1 is 1.13 bits per heavy atom. The summed E-state index contributed by atoms with van der Waals surface area (Å²) in [5, 5.41) is 0. The first kappa shape index (κ1) is 19.3. The Morgan fingerprint density at radius 3 is 2.30 bits per heavy atom. The second kappa shape index (κ2) is 10.1. The minimum absolute atomic E-state index is 0.125. The molecule has 0 saturated carbocycles. The van der Waals surface area contributed by atoms with E-state index in [1.807, 2.05) is 24.3 Å². The molecule has 0 saturated heterocycles. The molecule has 128 valence electrons. The van der Waals surface area contributed by atoms with Crippen LogP contribution in [0.5, 0.6) is 5.75 Å². The summed E-state index contributed by atoms with van der Waals surface area (Å²) in [6.45, 7) is 7.06. The molecule has 0 heterocycles. The molecule has 1 aromatic rings. The van der Waals surface area contributed by atoms with Crippen molar-refractivity contribution in [3.05, 3.63) is 35.9 Å². The Morgan fingerprint density at radius 2 is 1.78 bits per heavy atom. The molecule has 0 atom stereocenters. The van der Waals surface area contributed by atoms with Crippen molar-refractivity contribution in [2.45, 2.75) is 52.9 Å². The van der Waals surface area contributed by atoms with Crippen molar-refractivity contribution in [3.63, 3.8) is 0 Å². The van der Waals surface area contributed by atoms with Gasteiger partial charge in [-0.3, -0.25) is 0 Å². The summed E-state index contributed by atoms with van der Waals surface area (Å²) in [5.41, 5.74) is 1.07. The van der Waals surface area contributed by atoms with E-state index >= 15 is 0 Å². The van der Waals surface area contributed by atoms with E-state index in [1.54, 1.807) is 13.2 Å². The fourth-order valence-electron chi connectivity index (χ4n) is 2.58. The van der Waals surface area contributed by atoms with Crippen LogP contribution >= 0.6 is 0 Å². The van der Waals surface area contributed by atoms with Crippen LogP contribution in [0.1, 0.15) is 58.4 Å². The van der Waals surface area contributed by atoms with Gasteiger partial charge in [-0.15, -0.1) is 0 Å². The fourth-order valence-corrected chi connectivity index (χ4v) is 2.58. The standard InChI is InChI=1S/C20H30O3/c1-5-8-15-20(6-2,7-3)16-23-19(21)14-11-17-9-12-18(22-4)13-10-17/h9-14H,5-8,15-16H2,1-4H3/b14-11+. The van der Waals surface area contributed by atoms with Gasteiger partial charge in [-0.25, -0.2) is 4.79 Å². The Balaban J connectivity index is 2.55. The summed E-state index contributed by atoms with van der Waals surface area (Å²) in [4.78, 5) is 12.0. The van der Waals surface area contributed by atoms with Gasteiger partial charge in [-0.2, -0.15) is 0 Å². The molecule has 1 rings (SSSR count). The van der Waals surface area contributed by atoms with E-state index in [-0.39, 0.29) is 11.4 Å². The number of hydrogen-bond acceptors (Lipinski definition) is 3. The lowest BCUT2D eigenvalue weighted by Gasteiger charge is -2.30. The average Bonchev–Trinajstić information content (AvgIpc) is 2.61. The van der Waals surface area contributed by atoms with E-state index in [0.717, 1.165) is 30.6 Å². The zero-order chi connectivity index (χ0) is 17.1. The molecule has 0 amide bonds. The molecule has 0 N–H and O–H groups in total. The third-order valence-electron chi connectivity index (χ3n) is 4.61. The van der Waals surface area contributed by atoms with Crippen LogP contribution in [-0.4, -0.2) is 19.7 Å². The summed E-state index contributed by atoms with van der Waals surface area (Å²) in [5.74, 6) is 0.528. The van der Waals surface area contributed by atoms with Crippen molar-refractivity contribution in [1.29, 1.82) is 0 Å². The maximum Gasteiger partial charge on any atom is 0.330 e. The maximum atomic E-state index is 12.0. The molecule has 0 fully saturated rings. The molecule has 0 radical (unpaired) electrons. The molecular formula is C20H30O3. The summed E-state index contributed by atoms with van der Waals surface area (Å²) in [7, 11) is 1.63. The van der Waals surface area contributed by atoms with Gasteiger partial charge in [0.15, 0.2) is 0 Å². The van der Waals surface area contributed by atoms with Gasteiger partial charge in [0.25, 0.3) is 0 Å². The third-order valence-corrected chi connectivity index (χ3v) is 4.61. The number of unbranched alkanes of at least 4 members (excludes halogenated alkanes) is 1. The predicted octanol–water partition coefficient (Wildman–Crippen LogP) is 5.25. The van der Waals surface area contributed by atoms with Gasteiger partial charge < -0.3 is 9.47 Å². The van der Waals surface area contributed by atoms with Crippen molar-refractivity contribution in [3.8, 4) is 5.75 Å². The van der Waals surface area contributed by atoms with Gasteiger partial charge >= 0.3 is 5.97 Å². The van der Waals surface area contributed by atoms with Crippen LogP contribution < -0.4 is 4.74 Å². The molecule has 0 aliphatic carbocycles. The van der Waals surface area contributed by atoms with Crippen molar-refractivity contribution >= 4 is 12.0 Å². The smallest absolute Gasteiger partial charge is 0.330 e. The molecule has 23 heavy (non-hydrogen) atoms. The monoisotopic (exact) mass is 318 g/mol. The normalized spacial score (nSPS) is 11.7. The van der Waals surface area contributed by atoms with Crippen LogP contribution in [0.4, 0.5) is 0 Å². The van der Waals surface area contributed by atoms with E-state index < -0.39 is 0 Å². The molecule has 3 nitrogen and oxygen atoms in total. The highest BCUT2D eigenvalue weighted by Gasteiger charge is 2.27. The molecule has 0 aliphatic rings. The van der Waals surface area contributed by atoms with Crippen LogP contribution in [0.25, 0.3) is 6.08 Å². The Kier molecular flexibility index (Phi) is 8.46. The van der Waals surface area contributed by atoms with Crippen LogP contribution in [0.2, 0.25) is 0 Å². The molecule has 0 spiro atoms. The SMILES string of the molecule is CCCCC(CC)(CC)COC(=O)/C=C/c1ccc(OC)cc1. The lowest BCUT2D eigenvalue weighted by atomic mass is 9.78. The van der Waals surface area contributed by atoms with E-state index in [0.29, 0.717) is 6.61 Å². The Hall–Kier alpha value is -1.77. The fraction of sp³-hybridized carbons (Fsp3) is 0.550. The molecule has 0 aliphatic heterocycles. The number of rotatable bonds is 10. The number of carbonyl (C=O) groups excluding carboxylic acids is 1. The van der Waals surface area contributed by atoms with Gasteiger partial charge in [-0.1, -0.05) is 45.7 Å². The number of hydrogen-bond donors (Lipinski definition) is 0. The first-order valence-electron chi connectivity index (χ1n) is 8.58. The minimum Gasteiger partial charge on any atom is -0.497 e. The summed E-state index contributed by atoms with van der Waals surface area (Å²) < 4.78 is 10.6. The summed E-state index contributed by atoms with van der Waals surface area (Å²) in [6, 6.07) is 7.56. The highest BCUT2D eigenvalue weighted by Crippen LogP contribution is 2.33. The molecule has 0 bridgehead atoms. The van der Waals surface area contributed by atoms with Gasteiger partial charge in [0, 0.05) is 11.5 Å². The average molecular weight is 318 g/mol. The van der Waals surface area contributed by atoms with Gasteiger partial charge in [0.1, 0.15) is 5.75 Å². The molecule has 1 aromatic carbocycles. The number of ether oxygens (including phenoxy) is 2. The molecule has 0 unspecified atom stereocenters. The second-order valence-corrected chi connectivity index (χ2v) is 6.02. The van der Waals surface area contributed by atoms with Crippen LogP contribution in [0, 0.1) is 5.41 Å². The molecular weight excluding hydrogens is 288 g/mol. The van der Waals surface area contributed by atoms with Crippen LogP contribution in [0.3, 0.4) is 0 Å². The van der Waals surface area contributed by atoms with Crippen molar-refractivity contribution in [1.82, 2.24) is 0 Å². The van der Waals surface area contributed by atoms with Gasteiger partial charge in [0.05, 0.1) is 13.7 Å². The van der Waals surface area contributed by atoms with Crippen molar-refractivity contribution < 1.29 is 14.3 Å². The Labute approximate surface area is 140 Å². The molecule has 3 heteroatoms. The van der Waals surface area contributed by atoms with Crippen molar-refractivity contribution in [2.75, 3.05) is 13.7 Å². The molecule has 0 aromatic heterocycles. The highest BCUT2D eigenvalue weighted by atomic mass is 16.5. The first-order valence-corrected chi connectivity index (χ1v) is 8.58. The zero-order valence-electron chi connectivity index (χ0n) is 14.9. The van der Waals surface area contributed by atoms with Gasteiger partial charge in [-0.05, 0) is 43.0 Å². The number of methoxy groups -OCH3 is 1. The zero-order valence-corrected chi connectivity index (χ0v) is 14.9. The van der Waals surface area contributed by atoms with Crippen LogP contribution in [-0.2, 0) is 9.53 Å². The van der Waals surface area contributed by atoms with E-state index in [1.165, 1.54) is 18.9 Å². The van der Waals surface area contributed by atoms with E-state index in [9.17, 15) is 4.79 Å². The number of carbonyl (C=O) groups is 1. The highest BCUT2D eigenvalue weighted by molar-refractivity contribution is 5.87. The van der Waals surface area contributed by atoms with E-state index in [2.05, 4.69) is 20.8 Å². The minimum atomic E-state index is -0.274. The first-order chi connectivity index (χ1) is 11.1.